The highest BCUT2D eigenvalue weighted by Gasteiger charge is 2.09. The number of rotatable bonds is 4. The van der Waals surface area contributed by atoms with E-state index in [1.165, 1.54) is 0 Å². The van der Waals surface area contributed by atoms with Gasteiger partial charge in [-0.3, -0.25) is 0 Å². The number of imidazole rings is 1. The maximum absolute atomic E-state index is 6.08. The molecule has 0 bridgehead atoms. The van der Waals surface area contributed by atoms with Crippen molar-refractivity contribution in [2.45, 2.75) is 20.0 Å². The Bertz CT molecular complexity index is 763. The Labute approximate surface area is 133 Å². The quantitative estimate of drug-likeness (QED) is 0.735. The van der Waals surface area contributed by atoms with Gasteiger partial charge in [0.1, 0.15) is 5.82 Å². The first-order valence-corrected chi connectivity index (χ1v) is 7.57. The molecule has 0 amide bonds. The number of nitrogens with zero attached hydrogens (tertiary/aromatic N) is 2. The van der Waals surface area contributed by atoms with Crippen molar-refractivity contribution in [3.05, 3.63) is 58.3 Å². The molecule has 0 spiro atoms. The van der Waals surface area contributed by atoms with Crippen LogP contribution >= 0.6 is 23.2 Å². The summed E-state index contributed by atoms with van der Waals surface area (Å²) < 4.78 is 2.17. The molecule has 3 rings (SSSR count). The van der Waals surface area contributed by atoms with Gasteiger partial charge in [-0.05, 0) is 49.4 Å². The Morgan fingerprint density at radius 1 is 1.05 bits per heavy atom. The molecule has 0 saturated heterocycles. The Morgan fingerprint density at radius 2 is 1.76 bits per heavy atom. The lowest BCUT2D eigenvalue weighted by atomic mass is 10.3. The lowest BCUT2D eigenvalue weighted by molar-refractivity contribution is 0.729. The van der Waals surface area contributed by atoms with Gasteiger partial charge in [-0.2, -0.15) is 0 Å². The highest BCUT2D eigenvalue weighted by molar-refractivity contribution is 6.31. The van der Waals surface area contributed by atoms with Crippen LogP contribution in [0.5, 0.6) is 0 Å². The van der Waals surface area contributed by atoms with Gasteiger partial charge in [-0.25, -0.2) is 4.98 Å². The summed E-state index contributed by atoms with van der Waals surface area (Å²) in [6.45, 7) is 3.62. The molecule has 0 aliphatic rings. The molecule has 5 heteroatoms. The summed E-state index contributed by atoms with van der Waals surface area (Å²) in [6.07, 6.45) is 0. The van der Waals surface area contributed by atoms with Crippen LogP contribution in [0.3, 0.4) is 0 Å². The van der Waals surface area contributed by atoms with Crippen molar-refractivity contribution in [3.8, 4) is 0 Å². The highest BCUT2D eigenvalue weighted by atomic mass is 35.5. The third-order valence-corrected chi connectivity index (χ3v) is 3.89. The summed E-state index contributed by atoms with van der Waals surface area (Å²) in [6, 6.07) is 13.4. The Hall–Kier alpha value is -1.71. The van der Waals surface area contributed by atoms with E-state index in [-0.39, 0.29) is 0 Å². The van der Waals surface area contributed by atoms with Gasteiger partial charge >= 0.3 is 0 Å². The van der Waals surface area contributed by atoms with E-state index >= 15 is 0 Å². The number of hydrogen-bond acceptors (Lipinski definition) is 2. The molecule has 0 aliphatic heterocycles. The topological polar surface area (TPSA) is 29.9 Å². The van der Waals surface area contributed by atoms with Crippen molar-refractivity contribution >= 4 is 39.9 Å². The van der Waals surface area contributed by atoms with Gasteiger partial charge in [-0.15, -0.1) is 0 Å². The third kappa shape index (κ3) is 2.99. The monoisotopic (exact) mass is 319 g/mol. The van der Waals surface area contributed by atoms with Gasteiger partial charge in [0.2, 0.25) is 0 Å². The van der Waals surface area contributed by atoms with Crippen LogP contribution in [0.2, 0.25) is 10.0 Å². The molecule has 0 unspecified atom stereocenters. The van der Waals surface area contributed by atoms with E-state index in [1.807, 2.05) is 42.5 Å². The molecule has 21 heavy (non-hydrogen) atoms. The van der Waals surface area contributed by atoms with E-state index in [0.29, 0.717) is 6.54 Å². The molecular formula is C16H15Cl2N3. The van der Waals surface area contributed by atoms with Gasteiger partial charge in [0.05, 0.1) is 17.6 Å². The Balaban J connectivity index is 1.88. The van der Waals surface area contributed by atoms with E-state index in [0.717, 1.165) is 39.1 Å². The summed E-state index contributed by atoms with van der Waals surface area (Å²) in [7, 11) is 0. The van der Waals surface area contributed by atoms with Crippen LogP contribution < -0.4 is 5.32 Å². The van der Waals surface area contributed by atoms with Crippen LogP contribution in [0.25, 0.3) is 11.0 Å². The minimum absolute atomic E-state index is 0.655. The maximum atomic E-state index is 6.08. The third-order valence-electron chi connectivity index (χ3n) is 3.40. The van der Waals surface area contributed by atoms with E-state index in [2.05, 4.69) is 21.8 Å². The molecule has 2 aromatic carbocycles. The first kappa shape index (κ1) is 14.2. The van der Waals surface area contributed by atoms with Gasteiger partial charge in [0, 0.05) is 22.3 Å². The predicted molar refractivity (Wildman–Crippen MR) is 89.2 cm³/mol. The van der Waals surface area contributed by atoms with Crippen molar-refractivity contribution in [3.63, 3.8) is 0 Å². The molecule has 0 radical (unpaired) electrons. The first-order chi connectivity index (χ1) is 10.2. The van der Waals surface area contributed by atoms with Crippen molar-refractivity contribution in [1.29, 1.82) is 0 Å². The standard InChI is InChI=1S/C16H15Cl2N3/c1-2-21-15-9-12(18)5-8-14(15)20-16(21)10-19-13-6-3-11(17)4-7-13/h3-9,19H,2,10H2,1H3. The molecule has 1 heterocycles. The molecule has 0 atom stereocenters. The molecule has 3 nitrogen and oxygen atoms in total. The number of fused-ring (bicyclic) bond motifs is 1. The van der Waals surface area contributed by atoms with Crippen LogP contribution in [-0.4, -0.2) is 9.55 Å². The van der Waals surface area contributed by atoms with E-state index in [4.69, 9.17) is 23.2 Å². The number of halogens is 2. The van der Waals surface area contributed by atoms with E-state index in [9.17, 15) is 0 Å². The lowest BCUT2D eigenvalue weighted by Crippen LogP contribution is -2.07. The van der Waals surface area contributed by atoms with Crippen molar-refractivity contribution in [1.82, 2.24) is 9.55 Å². The molecular weight excluding hydrogens is 305 g/mol. The number of aryl methyl sites for hydroxylation is 1. The summed E-state index contributed by atoms with van der Waals surface area (Å²) in [5.41, 5.74) is 3.05. The largest absolute Gasteiger partial charge is 0.378 e. The molecule has 1 N–H and O–H groups in total. The fourth-order valence-electron chi connectivity index (χ4n) is 2.38. The summed E-state index contributed by atoms with van der Waals surface area (Å²) in [5.74, 6) is 0.990. The highest BCUT2D eigenvalue weighted by Crippen LogP contribution is 2.21. The molecule has 1 aromatic heterocycles. The average Bonchev–Trinajstić information content (AvgIpc) is 2.83. The van der Waals surface area contributed by atoms with Gasteiger partial charge in [-0.1, -0.05) is 23.2 Å². The van der Waals surface area contributed by atoms with E-state index < -0.39 is 0 Å². The van der Waals surface area contributed by atoms with E-state index in [1.54, 1.807) is 0 Å². The number of benzene rings is 2. The second-order valence-electron chi connectivity index (χ2n) is 4.77. The van der Waals surface area contributed by atoms with Crippen LogP contribution in [-0.2, 0) is 13.1 Å². The van der Waals surface area contributed by atoms with Crippen molar-refractivity contribution < 1.29 is 0 Å². The minimum Gasteiger partial charge on any atom is -0.378 e. The normalized spacial score (nSPS) is 11.0. The van der Waals surface area contributed by atoms with Gasteiger partial charge < -0.3 is 9.88 Å². The number of aromatic nitrogens is 2. The fraction of sp³-hybridized carbons (Fsp3) is 0.188. The lowest BCUT2D eigenvalue weighted by Gasteiger charge is -2.08. The number of hydrogen-bond donors (Lipinski definition) is 1. The summed E-state index contributed by atoms with van der Waals surface area (Å²) in [4.78, 5) is 4.67. The molecule has 0 aliphatic carbocycles. The van der Waals surface area contributed by atoms with Gasteiger partial charge in [0.25, 0.3) is 0 Å². The minimum atomic E-state index is 0.655. The first-order valence-electron chi connectivity index (χ1n) is 6.81. The second-order valence-corrected chi connectivity index (χ2v) is 5.64. The van der Waals surface area contributed by atoms with Crippen LogP contribution in [0.15, 0.2) is 42.5 Å². The average molecular weight is 320 g/mol. The summed E-state index contributed by atoms with van der Waals surface area (Å²) >= 11 is 12.0. The zero-order chi connectivity index (χ0) is 14.8. The van der Waals surface area contributed by atoms with Crippen molar-refractivity contribution in [2.24, 2.45) is 0 Å². The molecule has 0 saturated carbocycles. The predicted octanol–water partition coefficient (Wildman–Crippen LogP) is 4.98. The van der Waals surface area contributed by atoms with Crippen LogP contribution in [0, 0.1) is 0 Å². The second kappa shape index (κ2) is 5.96. The number of nitrogens with one attached hydrogen (secondary N) is 1. The molecule has 108 valence electrons. The fourth-order valence-corrected chi connectivity index (χ4v) is 2.67. The zero-order valence-electron chi connectivity index (χ0n) is 11.6. The van der Waals surface area contributed by atoms with Gasteiger partial charge in [0.15, 0.2) is 0 Å². The summed E-state index contributed by atoms with van der Waals surface area (Å²) in [5, 5.41) is 4.83. The molecule has 0 fully saturated rings. The molecule has 3 aromatic rings. The van der Waals surface area contributed by atoms with Crippen LogP contribution in [0.4, 0.5) is 5.69 Å². The zero-order valence-corrected chi connectivity index (χ0v) is 13.1. The van der Waals surface area contributed by atoms with Crippen molar-refractivity contribution in [2.75, 3.05) is 5.32 Å². The number of anilines is 1. The Morgan fingerprint density at radius 3 is 2.48 bits per heavy atom. The Kier molecular flexibility index (Phi) is 4.04. The smallest absolute Gasteiger partial charge is 0.129 e. The maximum Gasteiger partial charge on any atom is 0.129 e. The SMILES string of the molecule is CCn1c(CNc2ccc(Cl)cc2)nc2ccc(Cl)cc21. The van der Waals surface area contributed by atoms with Crippen LogP contribution in [0.1, 0.15) is 12.7 Å².